The summed E-state index contributed by atoms with van der Waals surface area (Å²) >= 11 is 9.14. The standard InChI is InChI=1S/C19H18N2S2/c22-14-20-11-9-16-1-5-18(6-2-16)13-19-7-3-17(4-8-19)10-12-21-15-23/h1-8H,9-13H2. The molecule has 0 N–H and O–H groups in total. The zero-order chi connectivity index (χ0) is 16.3. The van der Waals surface area contributed by atoms with Crippen LogP contribution >= 0.6 is 24.4 Å². The summed E-state index contributed by atoms with van der Waals surface area (Å²) in [6.07, 6.45) is 2.75. The molecule has 0 aliphatic heterocycles. The van der Waals surface area contributed by atoms with Crippen molar-refractivity contribution in [2.45, 2.75) is 19.3 Å². The fourth-order valence-electron chi connectivity index (χ4n) is 2.34. The SMILES string of the molecule is S=C=NCCc1ccc(Cc2ccc(CCN=C=S)cc2)cc1. The predicted molar refractivity (Wildman–Crippen MR) is 103 cm³/mol. The van der Waals surface area contributed by atoms with E-state index < -0.39 is 0 Å². The summed E-state index contributed by atoms with van der Waals surface area (Å²) in [7, 11) is 0. The highest BCUT2D eigenvalue weighted by Crippen LogP contribution is 2.13. The quantitative estimate of drug-likeness (QED) is 0.520. The topological polar surface area (TPSA) is 24.7 Å². The Bertz CT molecular complexity index is 645. The van der Waals surface area contributed by atoms with Gasteiger partial charge in [0.2, 0.25) is 0 Å². The minimum atomic E-state index is 0.706. The largest absolute Gasteiger partial charge is 0.232 e. The molecular formula is C19H18N2S2. The number of hydrogen-bond donors (Lipinski definition) is 0. The van der Waals surface area contributed by atoms with Crippen LogP contribution in [0.25, 0.3) is 0 Å². The van der Waals surface area contributed by atoms with Crippen molar-refractivity contribution in [1.82, 2.24) is 0 Å². The average Bonchev–Trinajstić information content (AvgIpc) is 2.58. The van der Waals surface area contributed by atoms with Gasteiger partial charge >= 0.3 is 0 Å². The Morgan fingerprint density at radius 3 is 1.30 bits per heavy atom. The van der Waals surface area contributed by atoms with Gasteiger partial charge in [-0.1, -0.05) is 48.5 Å². The lowest BCUT2D eigenvalue weighted by molar-refractivity contribution is 0.971. The molecule has 0 aromatic heterocycles. The summed E-state index contributed by atoms with van der Waals surface area (Å²) in [5.41, 5.74) is 5.17. The van der Waals surface area contributed by atoms with E-state index in [9.17, 15) is 0 Å². The van der Waals surface area contributed by atoms with Crippen molar-refractivity contribution in [2.24, 2.45) is 9.98 Å². The van der Waals surface area contributed by atoms with Gasteiger partial charge < -0.3 is 0 Å². The normalized spacial score (nSPS) is 9.74. The van der Waals surface area contributed by atoms with Gasteiger partial charge in [0, 0.05) is 0 Å². The molecule has 0 aliphatic carbocycles. The summed E-state index contributed by atoms with van der Waals surface area (Å²) in [6, 6.07) is 17.4. The number of hydrogen-bond acceptors (Lipinski definition) is 4. The van der Waals surface area contributed by atoms with Gasteiger partial charge in [-0.3, -0.25) is 0 Å². The second-order valence-electron chi connectivity index (χ2n) is 5.26. The lowest BCUT2D eigenvalue weighted by atomic mass is 10.0. The van der Waals surface area contributed by atoms with Crippen molar-refractivity contribution < 1.29 is 0 Å². The molecule has 116 valence electrons. The van der Waals surface area contributed by atoms with Crippen molar-refractivity contribution in [2.75, 3.05) is 13.1 Å². The maximum absolute atomic E-state index is 4.57. The highest BCUT2D eigenvalue weighted by Gasteiger charge is 1.99. The van der Waals surface area contributed by atoms with E-state index in [1.54, 1.807) is 0 Å². The van der Waals surface area contributed by atoms with Gasteiger partial charge in [0.05, 0.1) is 23.4 Å². The first-order valence-electron chi connectivity index (χ1n) is 7.54. The average molecular weight is 339 g/mol. The van der Waals surface area contributed by atoms with E-state index >= 15 is 0 Å². The van der Waals surface area contributed by atoms with Crippen LogP contribution in [0.15, 0.2) is 58.5 Å². The van der Waals surface area contributed by atoms with E-state index in [0.29, 0.717) is 13.1 Å². The van der Waals surface area contributed by atoms with Gasteiger partial charge in [-0.2, -0.15) is 0 Å². The van der Waals surface area contributed by atoms with Crippen molar-refractivity contribution in [3.63, 3.8) is 0 Å². The molecule has 0 bridgehead atoms. The van der Waals surface area contributed by atoms with E-state index in [-0.39, 0.29) is 0 Å². The second-order valence-corrected chi connectivity index (χ2v) is 5.62. The molecule has 0 radical (unpaired) electrons. The minimum absolute atomic E-state index is 0.706. The van der Waals surface area contributed by atoms with Crippen LogP contribution in [-0.2, 0) is 19.3 Å². The molecule has 0 spiro atoms. The zero-order valence-corrected chi connectivity index (χ0v) is 14.5. The van der Waals surface area contributed by atoms with Gasteiger partial charge in [-0.15, -0.1) is 0 Å². The highest BCUT2D eigenvalue weighted by molar-refractivity contribution is 7.78. The molecule has 0 heterocycles. The lowest BCUT2D eigenvalue weighted by Gasteiger charge is -2.05. The molecule has 0 saturated heterocycles. The summed E-state index contributed by atoms with van der Waals surface area (Å²) < 4.78 is 0. The van der Waals surface area contributed by atoms with Crippen molar-refractivity contribution in [1.29, 1.82) is 0 Å². The van der Waals surface area contributed by atoms with Gasteiger partial charge in [0.25, 0.3) is 0 Å². The van der Waals surface area contributed by atoms with Crippen LogP contribution in [0.2, 0.25) is 0 Å². The Kier molecular flexibility index (Phi) is 7.51. The van der Waals surface area contributed by atoms with E-state index in [1.807, 2.05) is 0 Å². The number of thiocarbonyl (C=S) groups is 2. The molecule has 0 aliphatic rings. The number of nitrogens with zero attached hydrogens (tertiary/aromatic N) is 2. The smallest absolute Gasteiger partial charge is 0.0585 e. The maximum Gasteiger partial charge on any atom is 0.0585 e. The molecular weight excluding hydrogens is 320 g/mol. The molecule has 2 rings (SSSR count). The summed E-state index contributed by atoms with van der Waals surface area (Å²) in [5.74, 6) is 0. The number of isothiocyanates is 2. The van der Waals surface area contributed by atoms with E-state index in [0.717, 1.165) is 19.3 Å². The van der Waals surface area contributed by atoms with Crippen molar-refractivity contribution >= 4 is 34.8 Å². The van der Waals surface area contributed by atoms with Crippen LogP contribution in [0.5, 0.6) is 0 Å². The van der Waals surface area contributed by atoms with Gasteiger partial charge in [0.1, 0.15) is 0 Å². The molecule has 23 heavy (non-hydrogen) atoms. The summed E-state index contributed by atoms with van der Waals surface area (Å²) in [4.78, 5) is 7.88. The molecule has 4 heteroatoms. The maximum atomic E-state index is 4.57. The lowest BCUT2D eigenvalue weighted by Crippen LogP contribution is -1.93. The zero-order valence-electron chi connectivity index (χ0n) is 12.9. The predicted octanol–water partition coefficient (Wildman–Crippen LogP) is 4.57. The second kappa shape index (κ2) is 9.94. The Hall–Kier alpha value is -1.96. The molecule has 2 aromatic carbocycles. The first-order chi connectivity index (χ1) is 11.3. The Morgan fingerprint density at radius 1 is 0.609 bits per heavy atom. The third kappa shape index (κ3) is 6.35. The summed E-state index contributed by atoms with van der Waals surface area (Å²) in [6.45, 7) is 1.41. The molecule has 2 aromatic rings. The molecule has 0 saturated carbocycles. The summed E-state index contributed by atoms with van der Waals surface area (Å²) in [5, 5.41) is 4.79. The van der Waals surface area contributed by atoms with Crippen molar-refractivity contribution in [3.8, 4) is 0 Å². The van der Waals surface area contributed by atoms with Gasteiger partial charge in [0.15, 0.2) is 0 Å². The fraction of sp³-hybridized carbons (Fsp3) is 0.263. The monoisotopic (exact) mass is 338 g/mol. The van der Waals surface area contributed by atoms with Crippen LogP contribution in [0.4, 0.5) is 0 Å². The Labute approximate surface area is 148 Å². The molecule has 0 atom stereocenters. The molecule has 0 fully saturated rings. The molecule has 0 amide bonds. The van der Waals surface area contributed by atoms with Crippen LogP contribution < -0.4 is 0 Å². The van der Waals surface area contributed by atoms with Crippen LogP contribution in [0.3, 0.4) is 0 Å². The van der Waals surface area contributed by atoms with Crippen LogP contribution in [0.1, 0.15) is 22.3 Å². The minimum Gasteiger partial charge on any atom is -0.232 e. The first-order valence-corrected chi connectivity index (χ1v) is 8.36. The van der Waals surface area contributed by atoms with E-state index in [4.69, 9.17) is 0 Å². The fourth-order valence-corrected chi connectivity index (χ4v) is 2.53. The number of benzene rings is 2. The van der Waals surface area contributed by atoms with Crippen LogP contribution in [-0.4, -0.2) is 23.4 Å². The highest BCUT2D eigenvalue weighted by atomic mass is 32.1. The van der Waals surface area contributed by atoms with Gasteiger partial charge in [-0.05, 0) is 66.0 Å². The van der Waals surface area contributed by atoms with Crippen molar-refractivity contribution in [3.05, 3.63) is 70.8 Å². The third-order valence-corrected chi connectivity index (χ3v) is 3.87. The first kappa shape index (κ1) is 17.4. The Morgan fingerprint density at radius 2 is 0.957 bits per heavy atom. The number of rotatable bonds is 8. The van der Waals surface area contributed by atoms with Crippen LogP contribution in [0, 0.1) is 0 Å². The Balaban J connectivity index is 1.90. The van der Waals surface area contributed by atoms with E-state index in [1.165, 1.54) is 22.3 Å². The van der Waals surface area contributed by atoms with Gasteiger partial charge in [-0.25, -0.2) is 9.98 Å². The third-order valence-electron chi connectivity index (χ3n) is 3.61. The molecule has 2 nitrogen and oxygen atoms in total. The molecule has 0 unspecified atom stereocenters. The van der Waals surface area contributed by atoms with E-state index in [2.05, 4.69) is 93.3 Å². The number of aliphatic imine (C=N–C) groups is 2.